The Morgan fingerprint density at radius 1 is 0.274 bits per heavy atom. The van der Waals surface area contributed by atoms with Crippen LogP contribution in [0.3, 0.4) is 0 Å². The molecule has 0 fully saturated rings. The highest BCUT2D eigenvalue weighted by molar-refractivity contribution is 7.47. The van der Waals surface area contributed by atoms with E-state index in [0.29, 0.717) is 38.5 Å². The normalized spacial score (nSPS) is 14.7. The molecular formula is C87H142O17P2. The van der Waals surface area contributed by atoms with Crippen LogP contribution in [0.5, 0.6) is 0 Å². The van der Waals surface area contributed by atoms with Crippen molar-refractivity contribution in [3.63, 3.8) is 0 Å². The molecule has 5 unspecified atom stereocenters. The maximum atomic E-state index is 13.1. The highest BCUT2D eigenvalue weighted by Crippen LogP contribution is 2.45. The quantitative estimate of drug-likeness (QED) is 0.0169. The van der Waals surface area contributed by atoms with E-state index in [4.69, 9.17) is 37.0 Å². The molecule has 19 heteroatoms. The average Bonchev–Trinajstić information content (AvgIpc) is 0.909. The lowest BCUT2D eigenvalue weighted by molar-refractivity contribution is -0.161. The lowest BCUT2D eigenvalue weighted by Crippen LogP contribution is -2.30. The third kappa shape index (κ3) is 76.6. The number of allylic oxidation sites excluding steroid dienone is 28. The summed E-state index contributed by atoms with van der Waals surface area (Å²) in [6.45, 7) is 4.38. The largest absolute Gasteiger partial charge is 0.472 e. The van der Waals surface area contributed by atoms with E-state index < -0.39 is 97.5 Å². The van der Waals surface area contributed by atoms with Gasteiger partial charge in [0.2, 0.25) is 0 Å². The number of ether oxygens (including phenoxy) is 4. The van der Waals surface area contributed by atoms with Gasteiger partial charge in [-0.25, -0.2) is 9.13 Å². The Balaban J connectivity index is 5.48. The van der Waals surface area contributed by atoms with E-state index in [2.05, 4.69) is 186 Å². The van der Waals surface area contributed by atoms with E-state index in [0.717, 1.165) is 141 Å². The molecule has 0 heterocycles. The maximum absolute atomic E-state index is 13.1. The van der Waals surface area contributed by atoms with Gasteiger partial charge in [0.15, 0.2) is 12.2 Å². The molecule has 0 aromatic rings. The fourth-order valence-corrected chi connectivity index (χ4v) is 11.7. The van der Waals surface area contributed by atoms with Gasteiger partial charge in [0, 0.05) is 25.7 Å². The predicted molar refractivity (Wildman–Crippen MR) is 436 cm³/mol. The Kier molecular flexibility index (Phi) is 73.5. The van der Waals surface area contributed by atoms with Crippen molar-refractivity contribution in [1.29, 1.82) is 0 Å². The number of phosphoric acid groups is 2. The van der Waals surface area contributed by atoms with Gasteiger partial charge >= 0.3 is 39.5 Å². The van der Waals surface area contributed by atoms with E-state index in [9.17, 15) is 43.2 Å². The Bertz CT molecular complexity index is 2680. The van der Waals surface area contributed by atoms with Gasteiger partial charge in [-0.05, 0) is 148 Å². The first-order chi connectivity index (χ1) is 51.7. The van der Waals surface area contributed by atoms with Crippen LogP contribution in [0.25, 0.3) is 0 Å². The number of aliphatic hydroxyl groups is 1. The number of rotatable bonds is 74. The van der Waals surface area contributed by atoms with Crippen LogP contribution in [0.2, 0.25) is 0 Å². The van der Waals surface area contributed by atoms with Crippen LogP contribution in [-0.4, -0.2) is 96.7 Å². The molecule has 0 aromatic carbocycles. The highest BCUT2D eigenvalue weighted by atomic mass is 31.2. The van der Waals surface area contributed by atoms with Crippen molar-refractivity contribution in [2.75, 3.05) is 39.6 Å². The van der Waals surface area contributed by atoms with Crippen LogP contribution in [0, 0.1) is 0 Å². The summed E-state index contributed by atoms with van der Waals surface area (Å²) in [4.78, 5) is 73.1. The molecule has 0 radical (unpaired) electrons. The SMILES string of the molecule is CC/C=C\C/C=C\C/C=C\C/C=C\C/C=C\CCCCCC(=O)OCC(COP(=O)(O)OCC(O)COP(=O)(O)OCC(COC(=O)CCC/C=C\C/C=C\C/C=C\C/C=C\C/C=C\CC)OC(=O)CCCC/C=C\C/C=C\C/C=C\C/C=C\CC)OC(=O)CCCCCCCCCCCCCCCCC. The maximum Gasteiger partial charge on any atom is 0.472 e. The molecule has 0 aliphatic carbocycles. The van der Waals surface area contributed by atoms with Gasteiger partial charge in [0.25, 0.3) is 0 Å². The van der Waals surface area contributed by atoms with Gasteiger partial charge in [-0.2, -0.15) is 0 Å². The fourth-order valence-electron chi connectivity index (χ4n) is 10.2. The van der Waals surface area contributed by atoms with Gasteiger partial charge < -0.3 is 33.8 Å². The van der Waals surface area contributed by atoms with Gasteiger partial charge in [-0.1, -0.05) is 294 Å². The first-order valence-electron chi connectivity index (χ1n) is 40.4. The Hall–Kier alpha value is -5.58. The molecule has 0 aromatic heterocycles. The Morgan fingerprint density at radius 2 is 0.500 bits per heavy atom. The zero-order valence-electron chi connectivity index (χ0n) is 65.8. The van der Waals surface area contributed by atoms with Gasteiger partial charge in [0.05, 0.1) is 26.4 Å². The molecule has 17 nitrogen and oxygen atoms in total. The van der Waals surface area contributed by atoms with Crippen LogP contribution in [0.4, 0.5) is 0 Å². The minimum absolute atomic E-state index is 0.0241. The van der Waals surface area contributed by atoms with Crippen molar-refractivity contribution in [2.24, 2.45) is 0 Å². The van der Waals surface area contributed by atoms with Gasteiger partial charge in [-0.15, -0.1) is 0 Å². The third-order valence-electron chi connectivity index (χ3n) is 16.2. The molecular weight excluding hydrogens is 1380 g/mol. The van der Waals surface area contributed by atoms with E-state index in [1.807, 2.05) is 12.2 Å². The molecule has 0 bridgehead atoms. The zero-order chi connectivity index (χ0) is 77.4. The van der Waals surface area contributed by atoms with Crippen molar-refractivity contribution in [1.82, 2.24) is 0 Å². The summed E-state index contributed by atoms with van der Waals surface area (Å²) < 4.78 is 68.5. The fraction of sp³-hybridized carbons (Fsp3) is 0.632. The molecule has 106 heavy (non-hydrogen) atoms. The number of phosphoric ester groups is 2. The molecule has 0 saturated carbocycles. The van der Waals surface area contributed by atoms with E-state index in [1.165, 1.54) is 64.2 Å². The first-order valence-corrected chi connectivity index (χ1v) is 43.4. The molecule has 0 rings (SSSR count). The van der Waals surface area contributed by atoms with Crippen molar-refractivity contribution >= 4 is 39.5 Å². The zero-order valence-corrected chi connectivity index (χ0v) is 67.6. The predicted octanol–water partition coefficient (Wildman–Crippen LogP) is 23.8. The minimum Gasteiger partial charge on any atom is -0.462 e. The standard InChI is InChI=1S/C87H142O17P2/c1-5-9-13-17-21-25-29-33-37-39-40-42-46-48-52-56-60-64-68-72-85(90)98-78-83(104-87(92)74-70-66-62-58-54-50-44-36-32-28-24-20-16-12-8-4)80-102-106(95,96)100-76-81(88)75-99-105(93,94)101-79-82(103-86(91)73-69-65-61-57-53-49-43-35-31-27-23-19-15-11-7-3)77-97-84(89)71-67-63-59-55-51-47-45-41-38-34-30-26-22-18-14-10-6-2/h9-11,13-15,21-23,25-27,33-35,37-38,40,42-43,45,47-48,52-53,55,57,59,81-83,88H,5-8,12,16-20,24,28-32,36,39,41,44,46,49-51,54,56,58,60-80H2,1-4H3,(H,93,94)(H,95,96)/b13-9-,14-10-,15-11-,25-21-,26-22-,27-23-,37-33-,38-34-,42-40-,43-35-,47-45-,52-48-,57-53-,59-55-. The van der Waals surface area contributed by atoms with Crippen molar-refractivity contribution in [2.45, 2.75) is 316 Å². The number of carbonyl (C=O) groups excluding carboxylic acids is 4. The summed E-state index contributed by atoms with van der Waals surface area (Å²) in [7, 11) is -10.0. The minimum atomic E-state index is -5.01. The van der Waals surface area contributed by atoms with Crippen LogP contribution < -0.4 is 0 Å². The third-order valence-corrected chi connectivity index (χ3v) is 18.1. The molecule has 0 aliphatic heterocycles. The highest BCUT2D eigenvalue weighted by Gasteiger charge is 2.30. The summed E-state index contributed by atoms with van der Waals surface area (Å²) in [5.41, 5.74) is 0. The molecule has 0 spiro atoms. The molecule has 0 saturated heterocycles. The molecule has 0 aliphatic rings. The Labute approximate surface area is 642 Å². The number of carbonyl (C=O) groups is 4. The summed E-state index contributed by atoms with van der Waals surface area (Å²) in [6.07, 6.45) is 92.0. The van der Waals surface area contributed by atoms with E-state index >= 15 is 0 Å². The number of esters is 4. The van der Waals surface area contributed by atoms with Crippen molar-refractivity contribution in [3.8, 4) is 0 Å². The van der Waals surface area contributed by atoms with Crippen molar-refractivity contribution < 1.29 is 80.2 Å². The first kappa shape index (κ1) is 100. The van der Waals surface area contributed by atoms with Crippen LogP contribution in [0.1, 0.15) is 297 Å². The topological polar surface area (TPSA) is 237 Å². The van der Waals surface area contributed by atoms with E-state index in [1.54, 1.807) is 0 Å². The van der Waals surface area contributed by atoms with E-state index in [-0.39, 0.29) is 25.7 Å². The second-order valence-electron chi connectivity index (χ2n) is 26.2. The second kappa shape index (κ2) is 77.6. The smallest absolute Gasteiger partial charge is 0.462 e. The monoisotopic (exact) mass is 1520 g/mol. The molecule has 3 N–H and O–H groups in total. The van der Waals surface area contributed by atoms with Gasteiger partial charge in [0.1, 0.15) is 19.3 Å². The summed E-state index contributed by atoms with van der Waals surface area (Å²) in [5.74, 6) is -2.33. The Morgan fingerprint density at radius 3 is 0.811 bits per heavy atom. The van der Waals surface area contributed by atoms with Crippen LogP contribution in [0.15, 0.2) is 170 Å². The average molecular weight is 1520 g/mol. The number of unbranched alkanes of at least 4 members (excludes halogenated alkanes) is 20. The summed E-state index contributed by atoms with van der Waals surface area (Å²) in [6, 6.07) is 0. The van der Waals surface area contributed by atoms with Crippen LogP contribution in [-0.2, 0) is 65.4 Å². The molecule has 5 atom stereocenters. The summed E-state index contributed by atoms with van der Waals surface area (Å²) >= 11 is 0. The summed E-state index contributed by atoms with van der Waals surface area (Å²) in [5, 5.41) is 10.6. The molecule has 0 amide bonds. The van der Waals surface area contributed by atoms with Gasteiger partial charge in [-0.3, -0.25) is 37.3 Å². The second-order valence-corrected chi connectivity index (χ2v) is 29.1. The molecule has 602 valence electrons. The number of hydrogen-bond donors (Lipinski definition) is 3. The lowest BCUT2D eigenvalue weighted by Gasteiger charge is -2.21. The number of hydrogen-bond acceptors (Lipinski definition) is 15. The van der Waals surface area contributed by atoms with Crippen LogP contribution >= 0.6 is 15.6 Å². The number of aliphatic hydroxyl groups excluding tert-OH is 1. The lowest BCUT2D eigenvalue weighted by atomic mass is 10.0. The van der Waals surface area contributed by atoms with Crippen molar-refractivity contribution in [3.05, 3.63) is 170 Å².